The van der Waals surface area contributed by atoms with Crippen LogP contribution in [0.5, 0.6) is 5.75 Å². The number of fused-ring (bicyclic) bond motifs is 1. The lowest BCUT2D eigenvalue weighted by Crippen LogP contribution is -2.37. The fraction of sp³-hybridized carbons (Fsp3) is 0.318. The van der Waals surface area contributed by atoms with Crippen molar-refractivity contribution in [2.75, 3.05) is 13.1 Å². The van der Waals surface area contributed by atoms with Gasteiger partial charge in [-0.2, -0.15) is 0 Å². The molecule has 4 rings (SSSR count). The molecule has 2 aromatic carbocycles. The van der Waals surface area contributed by atoms with Gasteiger partial charge >= 0.3 is 0 Å². The second-order valence-electron chi connectivity index (χ2n) is 7.09. The van der Waals surface area contributed by atoms with Crippen molar-refractivity contribution in [3.05, 3.63) is 76.2 Å². The molecule has 0 atom stereocenters. The van der Waals surface area contributed by atoms with E-state index in [1.165, 1.54) is 5.56 Å². The summed E-state index contributed by atoms with van der Waals surface area (Å²) in [5, 5.41) is 1.64. The summed E-state index contributed by atoms with van der Waals surface area (Å²) in [4.78, 5) is 17.1. The summed E-state index contributed by atoms with van der Waals surface area (Å²) in [7, 11) is 0. The Balaban J connectivity index is 1.41. The number of likely N-dealkylation sites (tertiary alicyclic amines) is 1. The molecule has 1 saturated heterocycles. The van der Waals surface area contributed by atoms with Crippen LogP contribution >= 0.6 is 0 Å². The molecule has 0 unspecified atom stereocenters. The van der Waals surface area contributed by atoms with Gasteiger partial charge in [-0.05, 0) is 54.5 Å². The van der Waals surface area contributed by atoms with Crippen molar-refractivity contribution in [1.29, 1.82) is 0 Å². The maximum atomic E-state index is 11.9. The van der Waals surface area contributed by atoms with Crippen molar-refractivity contribution >= 4 is 10.8 Å². The summed E-state index contributed by atoms with van der Waals surface area (Å²) in [6.07, 6.45) is 3.98. The van der Waals surface area contributed by atoms with E-state index in [1.54, 1.807) is 6.20 Å². The first kappa shape index (κ1) is 16.9. The van der Waals surface area contributed by atoms with Gasteiger partial charge in [0.25, 0.3) is 5.56 Å². The normalized spacial score (nSPS) is 16.0. The number of pyridine rings is 1. The Kier molecular flexibility index (Phi) is 4.76. The van der Waals surface area contributed by atoms with Gasteiger partial charge in [-0.25, -0.2) is 0 Å². The zero-order chi connectivity index (χ0) is 17.9. The van der Waals surface area contributed by atoms with Crippen molar-refractivity contribution in [3.63, 3.8) is 0 Å². The number of nitrogens with zero attached hydrogens (tertiary/aromatic N) is 1. The summed E-state index contributed by atoms with van der Waals surface area (Å²) in [6.45, 7) is 5.11. The molecule has 0 spiro atoms. The molecule has 4 nitrogen and oxygen atoms in total. The van der Waals surface area contributed by atoms with Gasteiger partial charge < -0.3 is 9.72 Å². The number of H-pyrrole nitrogens is 1. The molecule has 134 valence electrons. The smallest absolute Gasteiger partial charge is 0.255 e. The first-order valence-corrected chi connectivity index (χ1v) is 9.24. The Hall–Kier alpha value is -2.59. The van der Waals surface area contributed by atoms with Crippen LogP contribution in [0, 0.1) is 6.92 Å². The molecule has 2 heterocycles. The van der Waals surface area contributed by atoms with Crippen LogP contribution in [0.4, 0.5) is 0 Å². The third kappa shape index (κ3) is 3.65. The SMILES string of the molecule is Cc1cc2c(=O)[nH]ccc2cc1OC1CCN(Cc2ccccc2)CC1. The minimum absolute atomic E-state index is 0.0497. The van der Waals surface area contributed by atoms with E-state index in [0.717, 1.165) is 54.6 Å². The van der Waals surface area contributed by atoms with Gasteiger partial charge in [0, 0.05) is 31.2 Å². The molecule has 4 heteroatoms. The van der Waals surface area contributed by atoms with Crippen molar-refractivity contribution in [2.45, 2.75) is 32.4 Å². The van der Waals surface area contributed by atoms with Crippen molar-refractivity contribution < 1.29 is 4.74 Å². The van der Waals surface area contributed by atoms with Crippen LogP contribution in [0.25, 0.3) is 10.8 Å². The number of aryl methyl sites for hydroxylation is 1. The van der Waals surface area contributed by atoms with Gasteiger partial charge in [0.2, 0.25) is 0 Å². The van der Waals surface area contributed by atoms with Crippen molar-refractivity contribution in [3.8, 4) is 5.75 Å². The number of aromatic nitrogens is 1. The Morgan fingerprint density at radius 2 is 1.88 bits per heavy atom. The molecule has 0 aliphatic carbocycles. The number of hydrogen-bond acceptors (Lipinski definition) is 3. The number of ether oxygens (including phenoxy) is 1. The first-order valence-electron chi connectivity index (χ1n) is 9.24. The predicted molar refractivity (Wildman–Crippen MR) is 105 cm³/mol. The molecule has 1 aromatic heterocycles. The predicted octanol–water partition coefficient (Wildman–Crippen LogP) is 3.88. The molecule has 1 N–H and O–H groups in total. The lowest BCUT2D eigenvalue weighted by Gasteiger charge is -2.32. The van der Waals surface area contributed by atoms with Crippen LogP contribution in [0.3, 0.4) is 0 Å². The molecular formula is C22H24N2O2. The van der Waals surface area contributed by atoms with E-state index in [-0.39, 0.29) is 11.7 Å². The van der Waals surface area contributed by atoms with Gasteiger partial charge in [0.15, 0.2) is 0 Å². The van der Waals surface area contributed by atoms with E-state index in [4.69, 9.17) is 4.74 Å². The molecular weight excluding hydrogens is 324 g/mol. The summed E-state index contributed by atoms with van der Waals surface area (Å²) >= 11 is 0. The molecule has 1 fully saturated rings. The summed E-state index contributed by atoms with van der Waals surface area (Å²) in [6, 6.07) is 16.5. The highest BCUT2D eigenvalue weighted by molar-refractivity contribution is 5.83. The molecule has 0 radical (unpaired) electrons. The lowest BCUT2D eigenvalue weighted by atomic mass is 10.1. The fourth-order valence-corrected chi connectivity index (χ4v) is 3.66. The fourth-order valence-electron chi connectivity index (χ4n) is 3.66. The number of hydrogen-bond donors (Lipinski definition) is 1. The highest BCUT2D eigenvalue weighted by Crippen LogP contribution is 2.27. The molecule has 0 amide bonds. The standard InChI is InChI=1S/C22H24N2O2/c1-16-13-20-18(7-10-23-22(20)25)14-21(16)26-19-8-11-24(12-9-19)15-17-5-3-2-4-6-17/h2-7,10,13-14,19H,8-9,11-12,15H2,1H3,(H,23,25). The third-order valence-corrected chi connectivity index (χ3v) is 5.15. The highest BCUT2D eigenvalue weighted by Gasteiger charge is 2.21. The highest BCUT2D eigenvalue weighted by atomic mass is 16.5. The minimum atomic E-state index is -0.0497. The second kappa shape index (κ2) is 7.34. The Morgan fingerprint density at radius 1 is 1.12 bits per heavy atom. The zero-order valence-electron chi connectivity index (χ0n) is 15.1. The number of piperidine rings is 1. The van der Waals surface area contributed by atoms with E-state index in [9.17, 15) is 4.79 Å². The molecule has 26 heavy (non-hydrogen) atoms. The van der Waals surface area contributed by atoms with Crippen molar-refractivity contribution in [2.24, 2.45) is 0 Å². The Bertz CT molecular complexity index is 941. The zero-order valence-corrected chi connectivity index (χ0v) is 15.1. The van der Waals surface area contributed by atoms with Gasteiger partial charge in [-0.15, -0.1) is 0 Å². The molecule has 3 aromatic rings. The Labute approximate surface area is 153 Å². The van der Waals surface area contributed by atoms with E-state index < -0.39 is 0 Å². The van der Waals surface area contributed by atoms with Crippen LogP contribution in [0.15, 0.2) is 59.5 Å². The van der Waals surface area contributed by atoms with E-state index in [2.05, 4.69) is 40.2 Å². The van der Waals surface area contributed by atoms with E-state index in [1.807, 2.05) is 25.1 Å². The van der Waals surface area contributed by atoms with Crippen LogP contribution in [-0.2, 0) is 6.54 Å². The van der Waals surface area contributed by atoms with Gasteiger partial charge in [-0.3, -0.25) is 9.69 Å². The summed E-state index contributed by atoms with van der Waals surface area (Å²) in [5.41, 5.74) is 2.33. The number of benzene rings is 2. The largest absolute Gasteiger partial charge is 0.490 e. The number of rotatable bonds is 4. The van der Waals surface area contributed by atoms with Crippen LogP contribution < -0.4 is 10.3 Å². The second-order valence-corrected chi connectivity index (χ2v) is 7.09. The summed E-state index contributed by atoms with van der Waals surface area (Å²) in [5.74, 6) is 0.893. The van der Waals surface area contributed by atoms with E-state index in [0.29, 0.717) is 0 Å². The van der Waals surface area contributed by atoms with Gasteiger partial charge in [0.1, 0.15) is 11.9 Å². The molecule has 1 aliphatic rings. The average Bonchev–Trinajstić information content (AvgIpc) is 2.66. The Morgan fingerprint density at radius 3 is 2.65 bits per heavy atom. The molecule has 1 aliphatic heterocycles. The molecule has 0 bridgehead atoms. The van der Waals surface area contributed by atoms with Gasteiger partial charge in [-0.1, -0.05) is 30.3 Å². The molecule has 0 saturated carbocycles. The maximum absolute atomic E-state index is 11.9. The van der Waals surface area contributed by atoms with Crippen LogP contribution in [0.1, 0.15) is 24.0 Å². The first-order chi connectivity index (χ1) is 12.7. The van der Waals surface area contributed by atoms with Crippen LogP contribution in [0.2, 0.25) is 0 Å². The average molecular weight is 348 g/mol. The third-order valence-electron chi connectivity index (χ3n) is 5.15. The van der Waals surface area contributed by atoms with E-state index >= 15 is 0 Å². The summed E-state index contributed by atoms with van der Waals surface area (Å²) < 4.78 is 6.29. The van der Waals surface area contributed by atoms with Crippen molar-refractivity contribution in [1.82, 2.24) is 9.88 Å². The minimum Gasteiger partial charge on any atom is -0.490 e. The lowest BCUT2D eigenvalue weighted by molar-refractivity contribution is 0.0964. The topological polar surface area (TPSA) is 45.3 Å². The van der Waals surface area contributed by atoms with Gasteiger partial charge in [0.05, 0.1) is 0 Å². The number of nitrogens with one attached hydrogen (secondary N) is 1. The maximum Gasteiger partial charge on any atom is 0.255 e. The quantitative estimate of drug-likeness (QED) is 0.778. The number of aromatic amines is 1. The van der Waals surface area contributed by atoms with Crippen LogP contribution in [-0.4, -0.2) is 29.1 Å². The monoisotopic (exact) mass is 348 g/mol.